The Morgan fingerprint density at radius 3 is 2.68 bits per heavy atom. The highest BCUT2D eigenvalue weighted by molar-refractivity contribution is 6.30. The number of carbonyl (C=O) groups excluding carboxylic acids is 1. The Labute approximate surface area is 203 Å². The number of ether oxygens (including phenoxy) is 2. The number of halogens is 1. The number of hydrogen-bond acceptors (Lipinski definition) is 6. The van der Waals surface area contributed by atoms with Gasteiger partial charge in [-0.15, -0.1) is 0 Å². The summed E-state index contributed by atoms with van der Waals surface area (Å²) in [4.78, 5) is 17.7. The summed E-state index contributed by atoms with van der Waals surface area (Å²) >= 11 is 6.10. The van der Waals surface area contributed by atoms with Gasteiger partial charge < -0.3 is 19.5 Å². The number of amides is 1. The molecule has 1 fully saturated rings. The van der Waals surface area contributed by atoms with Crippen LogP contribution in [0, 0.1) is 0 Å². The van der Waals surface area contributed by atoms with E-state index in [2.05, 4.69) is 15.1 Å². The molecule has 2 aromatic carbocycles. The van der Waals surface area contributed by atoms with Gasteiger partial charge in [0.1, 0.15) is 5.69 Å². The van der Waals surface area contributed by atoms with Crippen LogP contribution in [0.5, 0.6) is 11.5 Å². The molecule has 8 nitrogen and oxygen atoms in total. The summed E-state index contributed by atoms with van der Waals surface area (Å²) in [5.74, 6) is 0.373. The Balaban J connectivity index is 1.55. The van der Waals surface area contributed by atoms with Crippen molar-refractivity contribution in [3.05, 3.63) is 64.3 Å². The summed E-state index contributed by atoms with van der Waals surface area (Å²) in [5.41, 5.74) is 3.75. The van der Waals surface area contributed by atoms with Crippen molar-refractivity contribution < 1.29 is 19.4 Å². The van der Waals surface area contributed by atoms with Gasteiger partial charge in [-0.2, -0.15) is 5.10 Å². The molecule has 2 aliphatic heterocycles. The third kappa shape index (κ3) is 4.24. The Kier molecular flexibility index (Phi) is 6.45. The molecule has 34 heavy (non-hydrogen) atoms. The second-order valence-electron chi connectivity index (χ2n) is 8.38. The second-order valence-corrected chi connectivity index (χ2v) is 8.82. The molecule has 1 atom stereocenters. The summed E-state index contributed by atoms with van der Waals surface area (Å²) in [6.45, 7) is 6.70. The monoisotopic (exact) mass is 482 g/mol. The Morgan fingerprint density at radius 1 is 1.18 bits per heavy atom. The Hall–Kier alpha value is -3.07. The quantitative estimate of drug-likeness (QED) is 0.533. The number of morpholine rings is 1. The number of H-pyrrole nitrogens is 1. The molecule has 0 aliphatic carbocycles. The molecular weight excluding hydrogens is 456 g/mol. The Morgan fingerprint density at radius 2 is 1.94 bits per heavy atom. The number of rotatable bonds is 7. The van der Waals surface area contributed by atoms with Crippen LogP contribution in [0.15, 0.2) is 42.5 Å². The van der Waals surface area contributed by atoms with E-state index in [1.807, 2.05) is 48.2 Å². The largest absolute Gasteiger partial charge is 0.504 e. The second kappa shape index (κ2) is 9.66. The lowest BCUT2D eigenvalue weighted by Gasteiger charge is -2.31. The van der Waals surface area contributed by atoms with E-state index in [-0.39, 0.29) is 17.7 Å². The topological polar surface area (TPSA) is 90.9 Å². The lowest BCUT2D eigenvalue weighted by Crippen LogP contribution is -2.42. The first kappa shape index (κ1) is 22.7. The number of nitrogens with one attached hydrogen (secondary N) is 1. The van der Waals surface area contributed by atoms with Gasteiger partial charge in [-0.25, -0.2) is 0 Å². The van der Waals surface area contributed by atoms with Crippen LogP contribution >= 0.6 is 11.6 Å². The number of nitrogens with zero attached hydrogens (tertiary/aromatic N) is 3. The standard InChI is InChI=1S/C25H27ClN4O4/c1-2-34-20-15-17(5-8-19(20)31)24-21-22(16-3-6-18(26)7-4-16)27-28-23(21)25(32)30(24)10-9-29-11-13-33-14-12-29/h3-8,15,24,31H,2,9-14H2,1H3,(H,27,28). The number of phenolic OH excluding ortho intramolecular Hbond substituents is 1. The molecule has 1 aromatic heterocycles. The molecule has 5 rings (SSSR count). The fraction of sp³-hybridized carbons (Fsp3) is 0.360. The maximum absolute atomic E-state index is 13.5. The number of carbonyl (C=O) groups is 1. The molecule has 2 aliphatic rings. The molecule has 2 N–H and O–H groups in total. The molecule has 3 aromatic rings. The van der Waals surface area contributed by atoms with Crippen LogP contribution in [-0.4, -0.2) is 77.0 Å². The predicted octanol–water partition coefficient (Wildman–Crippen LogP) is 3.71. The molecule has 1 amide bonds. The van der Waals surface area contributed by atoms with Crippen molar-refractivity contribution in [1.29, 1.82) is 0 Å². The number of aromatic nitrogens is 2. The summed E-state index contributed by atoms with van der Waals surface area (Å²) in [5, 5.41) is 18.4. The molecule has 0 radical (unpaired) electrons. The van der Waals surface area contributed by atoms with Gasteiger partial charge in [0.2, 0.25) is 0 Å². The van der Waals surface area contributed by atoms with E-state index in [4.69, 9.17) is 21.1 Å². The van der Waals surface area contributed by atoms with Crippen LogP contribution in [0.2, 0.25) is 5.02 Å². The van der Waals surface area contributed by atoms with Gasteiger partial charge in [-0.3, -0.25) is 14.8 Å². The zero-order chi connectivity index (χ0) is 23.7. The van der Waals surface area contributed by atoms with Gasteiger partial charge in [0.15, 0.2) is 11.5 Å². The number of hydrogen-bond donors (Lipinski definition) is 2. The highest BCUT2D eigenvalue weighted by Gasteiger charge is 2.42. The molecule has 3 heterocycles. The van der Waals surface area contributed by atoms with Gasteiger partial charge in [0.05, 0.1) is 31.6 Å². The van der Waals surface area contributed by atoms with Crippen molar-refractivity contribution in [3.8, 4) is 22.8 Å². The van der Waals surface area contributed by atoms with E-state index in [1.54, 1.807) is 6.07 Å². The number of fused-ring (bicyclic) bond motifs is 1. The molecule has 0 spiro atoms. The van der Waals surface area contributed by atoms with Gasteiger partial charge >= 0.3 is 0 Å². The maximum atomic E-state index is 13.5. The summed E-state index contributed by atoms with van der Waals surface area (Å²) in [7, 11) is 0. The lowest BCUT2D eigenvalue weighted by molar-refractivity contribution is 0.0316. The van der Waals surface area contributed by atoms with Crippen molar-refractivity contribution in [3.63, 3.8) is 0 Å². The van der Waals surface area contributed by atoms with Crippen molar-refractivity contribution in [2.45, 2.75) is 13.0 Å². The molecule has 0 bridgehead atoms. The third-order valence-corrected chi connectivity index (χ3v) is 6.59. The molecule has 1 saturated heterocycles. The van der Waals surface area contributed by atoms with Crippen LogP contribution < -0.4 is 4.74 Å². The number of phenols is 1. The summed E-state index contributed by atoms with van der Waals surface area (Å²) in [6, 6.07) is 12.3. The first-order valence-electron chi connectivity index (χ1n) is 11.5. The van der Waals surface area contributed by atoms with Crippen molar-refractivity contribution in [2.75, 3.05) is 46.0 Å². The van der Waals surface area contributed by atoms with Crippen LogP contribution in [0.4, 0.5) is 0 Å². The lowest BCUT2D eigenvalue weighted by atomic mass is 9.95. The minimum absolute atomic E-state index is 0.0696. The van der Waals surface area contributed by atoms with Gasteiger partial charge in [-0.1, -0.05) is 29.8 Å². The minimum atomic E-state index is -0.368. The Bertz CT molecular complexity index is 1170. The van der Waals surface area contributed by atoms with E-state index in [0.29, 0.717) is 48.5 Å². The molecule has 9 heteroatoms. The van der Waals surface area contributed by atoms with Gasteiger partial charge in [0.25, 0.3) is 5.91 Å². The van der Waals surface area contributed by atoms with E-state index in [9.17, 15) is 9.90 Å². The number of aromatic hydroxyl groups is 1. The van der Waals surface area contributed by atoms with Crippen LogP contribution in [0.3, 0.4) is 0 Å². The van der Waals surface area contributed by atoms with Crippen molar-refractivity contribution in [1.82, 2.24) is 20.0 Å². The van der Waals surface area contributed by atoms with Gasteiger partial charge in [0, 0.05) is 42.3 Å². The molecular formula is C25H27ClN4O4. The van der Waals surface area contributed by atoms with E-state index >= 15 is 0 Å². The minimum Gasteiger partial charge on any atom is -0.504 e. The smallest absolute Gasteiger partial charge is 0.273 e. The highest BCUT2D eigenvalue weighted by atomic mass is 35.5. The van der Waals surface area contributed by atoms with Crippen molar-refractivity contribution >= 4 is 17.5 Å². The van der Waals surface area contributed by atoms with E-state index in [1.165, 1.54) is 0 Å². The molecule has 178 valence electrons. The first-order valence-corrected chi connectivity index (χ1v) is 11.9. The fourth-order valence-corrected chi connectivity index (χ4v) is 4.77. The summed E-state index contributed by atoms with van der Waals surface area (Å²) in [6.07, 6.45) is 0. The maximum Gasteiger partial charge on any atom is 0.273 e. The fourth-order valence-electron chi connectivity index (χ4n) is 4.65. The zero-order valence-corrected chi connectivity index (χ0v) is 19.7. The van der Waals surface area contributed by atoms with Crippen molar-refractivity contribution in [2.24, 2.45) is 0 Å². The SMILES string of the molecule is CCOc1cc(C2c3c(-c4ccc(Cl)cc4)n[nH]c3C(=O)N2CCN2CCOCC2)ccc1O. The molecule has 0 saturated carbocycles. The van der Waals surface area contributed by atoms with Crippen LogP contribution in [0.25, 0.3) is 11.3 Å². The zero-order valence-electron chi connectivity index (χ0n) is 19.0. The highest BCUT2D eigenvalue weighted by Crippen LogP contribution is 2.44. The average molecular weight is 483 g/mol. The normalized spacial score (nSPS) is 18.4. The number of benzene rings is 2. The first-order chi connectivity index (χ1) is 16.6. The third-order valence-electron chi connectivity index (χ3n) is 6.34. The predicted molar refractivity (Wildman–Crippen MR) is 128 cm³/mol. The average Bonchev–Trinajstić information content (AvgIpc) is 3.39. The van der Waals surface area contributed by atoms with Crippen LogP contribution in [-0.2, 0) is 4.74 Å². The van der Waals surface area contributed by atoms with E-state index in [0.717, 1.165) is 36.3 Å². The number of aromatic amines is 1. The van der Waals surface area contributed by atoms with Gasteiger partial charge in [-0.05, 0) is 36.8 Å². The van der Waals surface area contributed by atoms with E-state index < -0.39 is 0 Å². The van der Waals surface area contributed by atoms with Crippen LogP contribution in [0.1, 0.15) is 34.6 Å². The molecule has 1 unspecified atom stereocenters. The summed E-state index contributed by atoms with van der Waals surface area (Å²) < 4.78 is 11.1.